The zero-order chi connectivity index (χ0) is 12.6. The molecule has 90 valence electrons. The van der Waals surface area contributed by atoms with Gasteiger partial charge in [0, 0.05) is 12.6 Å². The molecule has 0 bridgehead atoms. The molecular formula is C9H8F2N4O2. The molecule has 1 N–H and O–H groups in total. The molecule has 0 aliphatic rings. The molecule has 0 aromatic carbocycles. The van der Waals surface area contributed by atoms with Gasteiger partial charge in [0.25, 0.3) is 0 Å². The van der Waals surface area contributed by atoms with Gasteiger partial charge in [-0.1, -0.05) is 6.92 Å². The van der Waals surface area contributed by atoms with Crippen molar-refractivity contribution in [1.82, 2.24) is 19.7 Å². The summed E-state index contributed by atoms with van der Waals surface area (Å²) in [5.41, 5.74) is -0.191. The van der Waals surface area contributed by atoms with E-state index in [-0.39, 0.29) is 11.0 Å². The van der Waals surface area contributed by atoms with Crippen molar-refractivity contribution in [2.45, 2.75) is 19.4 Å². The zero-order valence-electron chi connectivity index (χ0n) is 8.76. The minimum absolute atomic E-state index is 0.191. The maximum Gasteiger partial charge on any atom is 0.374 e. The molecule has 0 unspecified atom stereocenters. The molecule has 0 aliphatic heterocycles. The molecule has 6 nitrogen and oxygen atoms in total. The quantitative estimate of drug-likeness (QED) is 0.881. The Morgan fingerprint density at radius 2 is 2.24 bits per heavy atom. The standard InChI is InChI=1S/C9H8F2N4O2/c1-2-9(10,11)15-7-5(4-13-15)3-12-6(14-7)8(16)17/h3-4H,2H2,1H3,(H,16,17). The van der Waals surface area contributed by atoms with Crippen molar-refractivity contribution < 1.29 is 18.7 Å². The molecule has 2 rings (SSSR count). The fourth-order valence-electron chi connectivity index (χ4n) is 1.31. The number of carboxylic acid groups (broad SMARTS) is 1. The van der Waals surface area contributed by atoms with Crippen LogP contribution in [0.2, 0.25) is 0 Å². The van der Waals surface area contributed by atoms with Crippen molar-refractivity contribution in [2.24, 2.45) is 0 Å². The number of aromatic carboxylic acids is 1. The molecule has 0 amide bonds. The van der Waals surface area contributed by atoms with Gasteiger partial charge in [-0.15, -0.1) is 0 Å². The van der Waals surface area contributed by atoms with E-state index in [9.17, 15) is 13.6 Å². The van der Waals surface area contributed by atoms with Crippen LogP contribution in [-0.4, -0.2) is 30.8 Å². The van der Waals surface area contributed by atoms with Gasteiger partial charge in [-0.05, 0) is 0 Å². The topological polar surface area (TPSA) is 80.9 Å². The number of hydrogen-bond donors (Lipinski definition) is 1. The highest BCUT2D eigenvalue weighted by Gasteiger charge is 2.32. The second-order valence-corrected chi connectivity index (χ2v) is 3.35. The highest BCUT2D eigenvalue weighted by atomic mass is 19.3. The number of hydrogen-bond acceptors (Lipinski definition) is 4. The second-order valence-electron chi connectivity index (χ2n) is 3.35. The third kappa shape index (κ3) is 1.81. The summed E-state index contributed by atoms with van der Waals surface area (Å²) in [6.45, 7) is 1.30. The maximum absolute atomic E-state index is 13.5. The van der Waals surface area contributed by atoms with Crippen LogP contribution in [0.25, 0.3) is 11.0 Å². The maximum atomic E-state index is 13.5. The first-order chi connectivity index (χ1) is 7.95. The van der Waals surface area contributed by atoms with E-state index in [1.165, 1.54) is 13.1 Å². The van der Waals surface area contributed by atoms with Gasteiger partial charge in [0.05, 0.1) is 11.6 Å². The number of halogens is 2. The van der Waals surface area contributed by atoms with Crippen LogP contribution in [-0.2, 0) is 6.05 Å². The van der Waals surface area contributed by atoms with Crippen LogP contribution < -0.4 is 0 Å². The van der Waals surface area contributed by atoms with Crippen LogP contribution in [0.15, 0.2) is 12.4 Å². The van der Waals surface area contributed by atoms with Crippen LogP contribution in [0.1, 0.15) is 24.0 Å². The molecule has 8 heteroatoms. The molecule has 0 saturated carbocycles. The van der Waals surface area contributed by atoms with Crippen molar-refractivity contribution >= 4 is 17.0 Å². The summed E-state index contributed by atoms with van der Waals surface area (Å²) in [4.78, 5) is 17.7. The Bertz CT molecular complexity index is 581. The Morgan fingerprint density at radius 1 is 1.53 bits per heavy atom. The molecule has 0 fully saturated rings. The van der Waals surface area contributed by atoms with Crippen molar-refractivity contribution in [3.8, 4) is 0 Å². The highest BCUT2D eigenvalue weighted by molar-refractivity contribution is 5.86. The average molecular weight is 242 g/mol. The van der Waals surface area contributed by atoms with Crippen molar-refractivity contribution in [1.29, 1.82) is 0 Å². The Balaban J connectivity index is 2.66. The number of carboxylic acids is 1. The first kappa shape index (κ1) is 11.4. The largest absolute Gasteiger partial charge is 0.475 e. The van der Waals surface area contributed by atoms with E-state index in [0.29, 0.717) is 4.68 Å². The third-order valence-corrected chi connectivity index (χ3v) is 2.24. The molecule has 2 heterocycles. The number of carbonyl (C=O) groups is 1. The summed E-state index contributed by atoms with van der Waals surface area (Å²) in [5.74, 6) is -1.91. The van der Waals surface area contributed by atoms with Crippen molar-refractivity contribution in [2.75, 3.05) is 0 Å². The molecule has 17 heavy (non-hydrogen) atoms. The summed E-state index contributed by atoms with van der Waals surface area (Å²) >= 11 is 0. The molecule has 0 saturated heterocycles. The van der Waals surface area contributed by atoms with Crippen LogP contribution >= 0.6 is 0 Å². The Kier molecular flexibility index (Phi) is 2.49. The first-order valence-electron chi connectivity index (χ1n) is 4.78. The number of nitrogens with zero attached hydrogens (tertiary/aromatic N) is 4. The Labute approximate surface area is 93.9 Å². The van der Waals surface area contributed by atoms with Crippen molar-refractivity contribution in [3.05, 3.63) is 18.2 Å². The molecule has 0 aliphatic carbocycles. The lowest BCUT2D eigenvalue weighted by atomic mass is 10.4. The van der Waals surface area contributed by atoms with Gasteiger partial charge in [-0.3, -0.25) is 0 Å². The zero-order valence-corrected chi connectivity index (χ0v) is 8.76. The van der Waals surface area contributed by atoms with Gasteiger partial charge in [0.15, 0.2) is 5.65 Å². The predicted molar refractivity (Wildman–Crippen MR) is 52.8 cm³/mol. The fraction of sp³-hybridized carbons (Fsp3) is 0.333. The first-order valence-corrected chi connectivity index (χ1v) is 4.78. The van der Waals surface area contributed by atoms with E-state index in [4.69, 9.17) is 5.11 Å². The monoisotopic (exact) mass is 242 g/mol. The minimum atomic E-state index is -3.20. The second kappa shape index (κ2) is 3.72. The number of aromatic nitrogens is 4. The molecule has 2 aromatic heterocycles. The normalized spacial score (nSPS) is 11.9. The van der Waals surface area contributed by atoms with E-state index in [2.05, 4.69) is 15.1 Å². The smallest absolute Gasteiger partial charge is 0.374 e. The van der Waals surface area contributed by atoms with E-state index in [1.54, 1.807) is 0 Å². The SMILES string of the molecule is CCC(F)(F)n1ncc2cnc(C(=O)O)nc21. The Hall–Kier alpha value is -2.12. The van der Waals surface area contributed by atoms with Gasteiger partial charge in [0.1, 0.15) is 0 Å². The number of fused-ring (bicyclic) bond motifs is 1. The molecule has 0 radical (unpaired) electrons. The van der Waals surface area contributed by atoms with Crippen LogP contribution in [0.4, 0.5) is 8.78 Å². The summed E-state index contributed by atoms with van der Waals surface area (Å²) in [6, 6.07) is -3.20. The highest BCUT2D eigenvalue weighted by Crippen LogP contribution is 2.27. The lowest BCUT2D eigenvalue weighted by Gasteiger charge is -2.14. The van der Waals surface area contributed by atoms with Gasteiger partial charge >= 0.3 is 12.0 Å². The lowest BCUT2D eigenvalue weighted by molar-refractivity contribution is -0.0915. The molecular weight excluding hydrogens is 234 g/mol. The fourth-order valence-corrected chi connectivity index (χ4v) is 1.31. The van der Waals surface area contributed by atoms with Gasteiger partial charge in [-0.25, -0.2) is 14.8 Å². The lowest BCUT2D eigenvalue weighted by Crippen LogP contribution is -2.23. The summed E-state index contributed by atoms with van der Waals surface area (Å²) in [6.07, 6.45) is 1.86. The summed E-state index contributed by atoms with van der Waals surface area (Å²) < 4.78 is 27.4. The average Bonchev–Trinajstić information content (AvgIpc) is 2.72. The Morgan fingerprint density at radius 3 is 2.82 bits per heavy atom. The van der Waals surface area contributed by atoms with E-state index in [1.807, 2.05) is 0 Å². The third-order valence-electron chi connectivity index (χ3n) is 2.24. The van der Waals surface area contributed by atoms with Crippen LogP contribution in [0.3, 0.4) is 0 Å². The van der Waals surface area contributed by atoms with E-state index >= 15 is 0 Å². The van der Waals surface area contributed by atoms with Gasteiger partial charge < -0.3 is 5.11 Å². The van der Waals surface area contributed by atoms with Gasteiger partial charge in [0.2, 0.25) is 5.82 Å². The van der Waals surface area contributed by atoms with E-state index in [0.717, 1.165) is 6.20 Å². The number of rotatable bonds is 3. The molecule has 0 atom stereocenters. The number of alkyl halides is 2. The van der Waals surface area contributed by atoms with Crippen LogP contribution in [0.5, 0.6) is 0 Å². The molecule has 2 aromatic rings. The van der Waals surface area contributed by atoms with Crippen LogP contribution in [0, 0.1) is 0 Å². The summed E-state index contributed by atoms with van der Waals surface area (Å²) in [7, 11) is 0. The minimum Gasteiger partial charge on any atom is -0.475 e. The van der Waals surface area contributed by atoms with Gasteiger partial charge in [-0.2, -0.15) is 18.6 Å². The van der Waals surface area contributed by atoms with E-state index < -0.39 is 24.3 Å². The summed E-state index contributed by atoms with van der Waals surface area (Å²) in [5, 5.41) is 12.5. The van der Waals surface area contributed by atoms with Crippen molar-refractivity contribution in [3.63, 3.8) is 0 Å². The predicted octanol–water partition coefficient (Wildman–Crippen LogP) is 1.48. The molecule has 0 spiro atoms.